The highest BCUT2D eigenvalue weighted by atomic mass is 35.5. The highest BCUT2D eigenvalue weighted by Gasteiger charge is 2.10. The number of halogens is 1. The van der Waals surface area contributed by atoms with E-state index in [4.69, 9.17) is 16.3 Å². The van der Waals surface area contributed by atoms with Crippen molar-refractivity contribution in [3.05, 3.63) is 39.7 Å². The summed E-state index contributed by atoms with van der Waals surface area (Å²) in [6.07, 6.45) is 0. The summed E-state index contributed by atoms with van der Waals surface area (Å²) in [5.41, 5.74) is -0.0278. The standard InChI is InChI=1S/C11H10ClN5O3/c1-16(2)10-13-9(12)14-11(15-10)20-8-5-3-7(4-6-8)17(18)19/h3-6H,1-2H3. The third kappa shape index (κ3) is 3.29. The maximum atomic E-state index is 10.5. The molecule has 9 heteroatoms. The van der Waals surface area contributed by atoms with Gasteiger partial charge in [0.2, 0.25) is 11.2 Å². The number of nitro groups is 1. The average Bonchev–Trinajstić information content (AvgIpc) is 2.38. The van der Waals surface area contributed by atoms with Crippen LogP contribution in [0.15, 0.2) is 24.3 Å². The summed E-state index contributed by atoms with van der Waals surface area (Å²) >= 11 is 5.77. The summed E-state index contributed by atoms with van der Waals surface area (Å²) in [6, 6.07) is 5.56. The Morgan fingerprint density at radius 1 is 1.20 bits per heavy atom. The summed E-state index contributed by atoms with van der Waals surface area (Å²) in [4.78, 5) is 23.5. The van der Waals surface area contributed by atoms with Crippen LogP contribution in [0.4, 0.5) is 11.6 Å². The number of ether oxygens (including phenoxy) is 1. The monoisotopic (exact) mass is 295 g/mol. The van der Waals surface area contributed by atoms with E-state index in [-0.39, 0.29) is 17.0 Å². The lowest BCUT2D eigenvalue weighted by Crippen LogP contribution is -2.13. The Morgan fingerprint density at radius 3 is 2.40 bits per heavy atom. The lowest BCUT2D eigenvalue weighted by Gasteiger charge is -2.11. The van der Waals surface area contributed by atoms with Crippen molar-refractivity contribution in [3.8, 4) is 11.8 Å². The first kappa shape index (κ1) is 13.9. The molecule has 0 amide bonds. The fraction of sp³-hybridized carbons (Fsp3) is 0.182. The van der Waals surface area contributed by atoms with Gasteiger partial charge in [0.05, 0.1) is 4.92 Å². The van der Waals surface area contributed by atoms with Crippen molar-refractivity contribution >= 4 is 23.2 Å². The molecule has 0 saturated carbocycles. The molecular weight excluding hydrogens is 286 g/mol. The molecule has 0 N–H and O–H groups in total. The first-order valence-corrected chi connectivity index (χ1v) is 5.84. The first-order chi connectivity index (χ1) is 9.45. The minimum atomic E-state index is -0.492. The highest BCUT2D eigenvalue weighted by molar-refractivity contribution is 6.28. The van der Waals surface area contributed by atoms with Crippen LogP contribution in [-0.4, -0.2) is 34.0 Å². The molecule has 0 aliphatic heterocycles. The lowest BCUT2D eigenvalue weighted by atomic mass is 10.3. The van der Waals surface area contributed by atoms with E-state index in [0.717, 1.165) is 0 Å². The SMILES string of the molecule is CN(C)c1nc(Cl)nc(Oc2ccc([N+](=O)[O-])cc2)n1. The topological polar surface area (TPSA) is 94.3 Å². The van der Waals surface area contributed by atoms with Gasteiger partial charge in [0.25, 0.3) is 5.69 Å². The van der Waals surface area contributed by atoms with Crippen molar-refractivity contribution in [1.29, 1.82) is 0 Å². The molecule has 20 heavy (non-hydrogen) atoms. The van der Waals surface area contributed by atoms with Gasteiger partial charge in [-0.2, -0.15) is 15.0 Å². The second-order valence-electron chi connectivity index (χ2n) is 3.93. The number of rotatable bonds is 4. The third-order valence-corrected chi connectivity index (χ3v) is 2.40. The van der Waals surface area contributed by atoms with Crippen LogP contribution < -0.4 is 9.64 Å². The molecule has 8 nitrogen and oxygen atoms in total. The van der Waals surface area contributed by atoms with Crippen LogP contribution in [0.1, 0.15) is 0 Å². The summed E-state index contributed by atoms with van der Waals surface area (Å²) < 4.78 is 5.39. The van der Waals surface area contributed by atoms with Crippen LogP contribution in [-0.2, 0) is 0 Å². The number of benzene rings is 1. The molecule has 1 heterocycles. The van der Waals surface area contributed by atoms with Crippen LogP contribution in [0.25, 0.3) is 0 Å². The Kier molecular flexibility index (Phi) is 3.94. The van der Waals surface area contributed by atoms with E-state index in [9.17, 15) is 10.1 Å². The molecular formula is C11H10ClN5O3. The Balaban J connectivity index is 2.23. The molecule has 1 aromatic carbocycles. The Morgan fingerprint density at radius 2 is 1.85 bits per heavy atom. The quantitative estimate of drug-likeness (QED) is 0.631. The van der Waals surface area contributed by atoms with Crippen molar-refractivity contribution in [1.82, 2.24) is 15.0 Å². The lowest BCUT2D eigenvalue weighted by molar-refractivity contribution is -0.384. The van der Waals surface area contributed by atoms with Crippen LogP contribution in [0.3, 0.4) is 0 Å². The minimum absolute atomic E-state index is 0.000566. The number of hydrogen-bond acceptors (Lipinski definition) is 7. The largest absolute Gasteiger partial charge is 0.424 e. The van der Waals surface area contributed by atoms with E-state index >= 15 is 0 Å². The van der Waals surface area contributed by atoms with E-state index in [1.54, 1.807) is 19.0 Å². The molecule has 0 unspecified atom stereocenters. The molecule has 104 valence electrons. The molecule has 1 aromatic heterocycles. The second kappa shape index (κ2) is 5.66. The highest BCUT2D eigenvalue weighted by Crippen LogP contribution is 2.23. The van der Waals surface area contributed by atoms with E-state index < -0.39 is 4.92 Å². The number of nitro benzene ring substituents is 1. The zero-order valence-corrected chi connectivity index (χ0v) is 11.4. The molecule has 2 rings (SSSR count). The molecule has 0 aliphatic rings. The number of non-ortho nitro benzene ring substituents is 1. The number of nitrogens with zero attached hydrogens (tertiary/aromatic N) is 5. The average molecular weight is 296 g/mol. The molecule has 0 saturated heterocycles. The van der Waals surface area contributed by atoms with Crippen molar-refractivity contribution in [2.75, 3.05) is 19.0 Å². The van der Waals surface area contributed by atoms with Gasteiger partial charge in [-0.05, 0) is 23.7 Å². The van der Waals surface area contributed by atoms with Gasteiger partial charge in [0.15, 0.2) is 0 Å². The van der Waals surface area contributed by atoms with Gasteiger partial charge in [0.1, 0.15) is 5.75 Å². The second-order valence-corrected chi connectivity index (χ2v) is 4.27. The molecule has 0 atom stereocenters. The van der Waals surface area contributed by atoms with E-state index in [0.29, 0.717) is 11.7 Å². The minimum Gasteiger partial charge on any atom is -0.424 e. The van der Waals surface area contributed by atoms with Gasteiger partial charge in [-0.3, -0.25) is 10.1 Å². The van der Waals surface area contributed by atoms with Gasteiger partial charge in [-0.25, -0.2) is 0 Å². The predicted octanol–water partition coefficient (Wildman–Crippen LogP) is 2.29. The summed E-state index contributed by atoms with van der Waals surface area (Å²) in [5, 5.41) is 10.5. The molecule has 0 bridgehead atoms. The zero-order valence-electron chi connectivity index (χ0n) is 10.6. The number of hydrogen-bond donors (Lipinski definition) is 0. The predicted molar refractivity (Wildman–Crippen MR) is 72.3 cm³/mol. The van der Waals surface area contributed by atoms with Crippen LogP contribution >= 0.6 is 11.6 Å². The Bertz CT molecular complexity index is 632. The van der Waals surface area contributed by atoms with Crippen molar-refractivity contribution in [2.24, 2.45) is 0 Å². The van der Waals surface area contributed by atoms with E-state index in [1.165, 1.54) is 24.3 Å². The normalized spacial score (nSPS) is 10.2. The maximum Gasteiger partial charge on any atom is 0.328 e. The molecule has 0 radical (unpaired) electrons. The summed E-state index contributed by atoms with van der Waals surface area (Å²) in [5.74, 6) is 0.712. The van der Waals surface area contributed by atoms with E-state index in [1.807, 2.05) is 0 Å². The molecule has 2 aromatic rings. The molecule has 0 fully saturated rings. The van der Waals surface area contributed by atoms with Gasteiger partial charge in [0, 0.05) is 26.2 Å². The van der Waals surface area contributed by atoms with Gasteiger partial charge in [-0.1, -0.05) is 0 Å². The molecule has 0 aliphatic carbocycles. The first-order valence-electron chi connectivity index (χ1n) is 5.47. The number of anilines is 1. The fourth-order valence-electron chi connectivity index (χ4n) is 1.31. The van der Waals surface area contributed by atoms with Gasteiger partial charge in [-0.15, -0.1) is 0 Å². The van der Waals surface area contributed by atoms with Crippen molar-refractivity contribution in [2.45, 2.75) is 0 Å². The smallest absolute Gasteiger partial charge is 0.328 e. The van der Waals surface area contributed by atoms with Crippen molar-refractivity contribution in [3.63, 3.8) is 0 Å². The fourth-order valence-corrected chi connectivity index (χ4v) is 1.46. The van der Waals surface area contributed by atoms with Gasteiger partial charge < -0.3 is 9.64 Å². The Hall–Kier alpha value is -2.48. The van der Waals surface area contributed by atoms with Crippen LogP contribution in [0.2, 0.25) is 5.28 Å². The van der Waals surface area contributed by atoms with Crippen LogP contribution in [0.5, 0.6) is 11.8 Å². The van der Waals surface area contributed by atoms with Gasteiger partial charge >= 0.3 is 6.01 Å². The number of aromatic nitrogens is 3. The maximum absolute atomic E-state index is 10.5. The van der Waals surface area contributed by atoms with Crippen LogP contribution in [0, 0.1) is 10.1 Å². The van der Waals surface area contributed by atoms with E-state index in [2.05, 4.69) is 15.0 Å². The summed E-state index contributed by atoms with van der Waals surface area (Å²) in [7, 11) is 3.50. The zero-order chi connectivity index (χ0) is 14.7. The third-order valence-electron chi connectivity index (χ3n) is 2.23. The Labute approximate surface area is 119 Å². The van der Waals surface area contributed by atoms with Crippen molar-refractivity contribution < 1.29 is 9.66 Å². The molecule has 0 spiro atoms. The summed E-state index contributed by atoms with van der Waals surface area (Å²) in [6.45, 7) is 0.